The van der Waals surface area contributed by atoms with Gasteiger partial charge in [0.15, 0.2) is 0 Å². The molecular formula is C19H25FN2O7. The summed E-state index contributed by atoms with van der Waals surface area (Å²) in [5, 5.41) is 25.3. The Morgan fingerprint density at radius 2 is 1.69 bits per heavy atom. The number of methoxy groups -OCH3 is 1. The molecule has 1 fully saturated rings. The van der Waals surface area contributed by atoms with Crippen LogP contribution in [0.3, 0.4) is 0 Å². The monoisotopic (exact) mass is 412 g/mol. The first-order valence-corrected chi connectivity index (χ1v) is 9.16. The van der Waals surface area contributed by atoms with Crippen LogP contribution in [0.25, 0.3) is 0 Å². The third kappa shape index (κ3) is 7.08. The van der Waals surface area contributed by atoms with Crippen LogP contribution in [0.5, 0.6) is 0 Å². The van der Waals surface area contributed by atoms with Crippen molar-refractivity contribution < 1.29 is 38.5 Å². The zero-order valence-corrected chi connectivity index (χ0v) is 16.0. The minimum Gasteiger partial charge on any atom is -0.469 e. The van der Waals surface area contributed by atoms with Crippen LogP contribution in [0, 0.1) is 5.82 Å². The van der Waals surface area contributed by atoms with Crippen LogP contribution in [-0.4, -0.2) is 66.1 Å². The van der Waals surface area contributed by atoms with E-state index in [1.165, 1.54) is 19.2 Å². The van der Waals surface area contributed by atoms with E-state index in [4.69, 9.17) is 4.74 Å². The van der Waals surface area contributed by atoms with Crippen molar-refractivity contribution in [2.45, 2.75) is 50.2 Å². The van der Waals surface area contributed by atoms with Crippen LogP contribution in [0.1, 0.15) is 24.8 Å². The Morgan fingerprint density at radius 1 is 1.03 bits per heavy atom. The van der Waals surface area contributed by atoms with E-state index in [2.05, 4.69) is 15.4 Å². The van der Waals surface area contributed by atoms with Crippen LogP contribution in [-0.2, 0) is 30.4 Å². The van der Waals surface area contributed by atoms with Crippen LogP contribution < -0.4 is 10.6 Å². The molecule has 2 amide bonds. The maximum atomic E-state index is 12.9. The third-order valence-electron chi connectivity index (χ3n) is 4.54. The van der Waals surface area contributed by atoms with E-state index in [1.54, 1.807) is 12.1 Å². The van der Waals surface area contributed by atoms with Crippen molar-refractivity contribution in [1.29, 1.82) is 0 Å². The van der Waals surface area contributed by atoms with Gasteiger partial charge in [-0.25, -0.2) is 4.39 Å². The predicted octanol–water partition coefficient (Wildman–Crippen LogP) is -0.609. The van der Waals surface area contributed by atoms with E-state index in [9.17, 15) is 29.0 Å². The first-order valence-electron chi connectivity index (χ1n) is 9.16. The number of amides is 2. The molecule has 0 aliphatic carbocycles. The minimum atomic E-state index is -1.29. The van der Waals surface area contributed by atoms with Gasteiger partial charge in [0, 0.05) is 19.5 Å². The third-order valence-corrected chi connectivity index (χ3v) is 4.54. The predicted molar refractivity (Wildman–Crippen MR) is 97.8 cm³/mol. The lowest BCUT2D eigenvalue weighted by atomic mass is 10.1. The normalized spacial score (nSPS) is 23.4. The Hall–Kier alpha value is -2.56. The zero-order valence-electron chi connectivity index (χ0n) is 16.0. The Labute approximate surface area is 167 Å². The summed E-state index contributed by atoms with van der Waals surface area (Å²) in [4.78, 5) is 34.8. The van der Waals surface area contributed by atoms with Gasteiger partial charge in [0.2, 0.25) is 11.8 Å². The van der Waals surface area contributed by atoms with Crippen LogP contribution >= 0.6 is 0 Å². The highest BCUT2D eigenvalue weighted by Gasteiger charge is 2.43. The first-order chi connectivity index (χ1) is 13.8. The van der Waals surface area contributed by atoms with E-state index in [-0.39, 0.29) is 38.2 Å². The summed E-state index contributed by atoms with van der Waals surface area (Å²) in [5.74, 6) is -1.73. The van der Waals surface area contributed by atoms with Gasteiger partial charge >= 0.3 is 5.97 Å². The molecule has 2 rings (SSSR count). The molecule has 0 bridgehead atoms. The van der Waals surface area contributed by atoms with E-state index in [0.29, 0.717) is 5.56 Å². The second-order valence-corrected chi connectivity index (χ2v) is 6.68. The fourth-order valence-electron chi connectivity index (χ4n) is 2.84. The summed E-state index contributed by atoms with van der Waals surface area (Å²) < 4.78 is 22.8. The number of aliphatic hydroxyl groups excluding tert-OH is 2. The lowest BCUT2D eigenvalue weighted by Crippen LogP contribution is -2.40. The van der Waals surface area contributed by atoms with Crippen molar-refractivity contribution >= 4 is 17.8 Å². The molecule has 10 heteroatoms. The molecule has 0 unspecified atom stereocenters. The van der Waals surface area contributed by atoms with Gasteiger partial charge < -0.3 is 30.3 Å². The molecule has 0 radical (unpaired) electrons. The number of nitrogens with one attached hydrogen (secondary N) is 2. The summed E-state index contributed by atoms with van der Waals surface area (Å²) in [7, 11) is 1.22. The zero-order chi connectivity index (χ0) is 21.4. The standard InChI is InChI=1S/C19H25FN2O7/c1-28-17(25)7-6-15(23)22-10-14-19(27)18(26)13(29-14)8-16(24)21-9-11-2-4-12(20)5-3-11/h2-5,13-14,18-19,26-27H,6-10H2,1H3,(H,21,24)(H,22,23)/t13-,14-,18+,19+/m0/s1. The van der Waals surface area contributed by atoms with Crippen molar-refractivity contribution in [3.8, 4) is 0 Å². The smallest absolute Gasteiger partial charge is 0.306 e. The first kappa shape index (κ1) is 22.7. The van der Waals surface area contributed by atoms with Crippen LogP contribution in [0.15, 0.2) is 24.3 Å². The number of ether oxygens (including phenoxy) is 2. The highest BCUT2D eigenvalue weighted by molar-refractivity contribution is 5.81. The van der Waals surface area contributed by atoms with Crippen molar-refractivity contribution in [2.75, 3.05) is 13.7 Å². The average Bonchev–Trinajstić information content (AvgIpc) is 2.97. The number of rotatable bonds is 9. The molecule has 4 atom stereocenters. The van der Waals surface area contributed by atoms with E-state index >= 15 is 0 Å². The largest absolute Gasteiger partial charge is 0.469 e. The van der Waals surface area contributed by atoms with Crippen LogP contribution in [0.4, 0.5) is 4.39 Å². The van der Waals surface area contributed by atoms with Crippen molar-refractivity contribution in [3.05, 3.63) is 35.6 Å². The number of carbonyl (C=O) groups is 3. The summed E-state index contributed by atoms with van der Waals surface area (Å²) in [6, 6.07) is 5.65. The Kier molecular flexibility index (Phi) is 8.50. The maximum absolute atomic E-state index is 12.9. The summed E-state index contributed by atoms with van der Waals surface area (Å²) >= 11 is 0. The van der Waals surface area contributed by atoms with Gasteiger partial charge in [-0.1, -0.05) is 12.1 Å². The molecule has 29 heavy (non-hydrogen) atoms. The molecule has 9 nitrogen and oxygen atoms in total. The minimum absolute atomic E-state index is 0.0735. The molecule has 0 saturated carbocycles. The SMILES string of the molecule is COC(=O)CCC(=O)NC[C@@H]1O[C@@H](CC(=O)NCc2ccc(F)cc2)[C@@H](O)[C@@H]1O. The van der Waals surface area contributed by atoms with E-state index < -0.39 is 42.2 Å². The van der Waals surface area contributed by atoms with Gasteiger partial charge in [-0.05, 0) is 17.7 Å². The van der Waals surface area contributed by atoms with Gasteiger partial charge in [-0.2, -0.15) is 0 Å². The Balaban J connectivity index is 1.74. The Bertz CT molecular complexity index is 713. The highest BCUT2D eigenvalue weighted by atomic mass is 19.1. The lowest BCUT2D eigenvalue weighted by molar-refractivity contribution is -0.142. The average molecular weight is 412 g/mol. The molecule has 1 aliphatic heterocycles. The molecule has 1 aromatic rings. The van der Waals surface area contributed by atoms with Gasteiger partial charge in [0.1, 0.15) is 24.1 Å². The quantitative estimate of drug-likeness (QED) is 0.398. The molecule has 4 N–H and O–H groups in total. The number of halogens is 1. The fraction of sp³-hybridized carbons (Fsp3) is 0.526. The summed E-state index contributed by atoms with van der Waals surface area (Å²) in [6.45, 7) is 0.107. The highest BCUT2D eigenvalue weighted by Crippen LogP contribution is 2.23. The van der Waals surface area contributed by atoms with E-state index in [0.717, 1.165) is 0 Å². The maximum Gasteiger partial charge on any atom is 0.306 e. The fourth-order valence-corrected chi connectivity index (χ4v) is 2.84. The molecule has 1 aromatic carbocycles. The van der Waals surface area contributed by atoms with Crippen molar-refractivity contribution in [1.82, 2.24) is 10.6 Å². The Morgan fingerprint density at radius 3 is 2.34 bits per heavy atom. The van der Waals surface area contributed by atoms with Crippen molar-refractivity contribution in [3.63, 3.8) is 0 Å². The molecule has 0 aromatic heterocycles. The number of esters is 1. The number of benzene rings is 1. The van der Waals surface area contributed by atoms with Gasteiger partial charge in [-0.15, -0.1) is 0 Å². The molecule has 160 valence electrons. The van der Waals surface area contributed by atoms with E-state index in [1.807, 2.05) is 0 Å². The van der Waals surface area contributed by atoms with Gasteiger partial charge in [0.05, 0.1) is 26.1 Å². The van der Waals surface area contributed by atoms with Crippen molar-refractivity contribution in [2.24, 2.45) is 0 Å². The molecule has 1 heterocycles. The summed E-state index contributed by atoms with van der Waals surface area (Å²) in [6.07, 6.45) is -4.72. The second kappa shape index (κ2) is 10.8. The van der Waals surface area contributed by atoms with Crippen LogP contribution in [0.2, 0.25) is 0 Å². The molecule has 1 aliphatic rings. The lowest BCUT2D eigenvalue weighted by Gasteiger charge is -2.15. The molecule has 0 spiro atoms. The molecular weight excluding hydrogens is 387 g/mol. The van der Waals surface area contributed by atoms with Gasteiger partial charge in [-0.3, -0.25) is 14.4 Å². The second-order valence-electron chi connectivity index (χ2n) is 6.68. The number of hydrogen-bond donors (Lipinski definition) is 4. The molecule has 1 saturated heterocycles. The topological polar surface area (TPSA) is 134 Å². The van der Waals surface area contributed by atoms with Gasteiger partial charge in [0.25, 0.3) is 0 Å². The number of carbonyl (C=O) groups excluding carboxylic acids is 3. The summed E-state index contributed by atoms with van der Waals surface area (Å²) in [5.41, 5.74) is 0.709. The number of aliphatic hydroxyl groups is 2. The number of hydrogen-bond acceptors (Lipinski definition) is 7.